The number of ether oxygens (including phenoxy) is 1. The normalized spacial score (nSPS) is 15.9. The summed E-state index contributed by atoms with van der Waals surface area (Å²) in [5.74, 6) is 1.21. The zero-order valence-corrected chi connectivity index (χ0v) is 14.0. The lowest BCUT2D eigenvalue weighted by Crippen LogP contribution is -2.03. The Bertz CT molecular complexity index is 559. The largest absolute Gasteiger partial charge is 0.458 e. The van der Waals surface area contributed by atoms with E-state index in [1.807, 2.05) is 18.2 Å². The molecule has 3 rings (SSSR count). The molecule has 1 aromatic carbocycles. The van der Waals surface area contributed by atoms with E-state index in [0.717, 1.165) is 48.3 Å². The van der Waals surface area contributed by atoms with E-state index in [9.17, 15) is 5.11 Å². The number of furan rings is 1. The Labute approximate surface area is 133 Å². The van der Waals surface area contributed by atoms with Crippen LogP contribution in [0.5, 0.6) is 0 Å². The summed E-state index contributed by atoms with van der Waals surface area (Å²) < 4.78 is 10.7. The molecule has 122 valence electrons. The highest BCUT2D eigenvalue weighted by Crippen LogP contribution is 2.32. The monoisotopic (exact) mass is 304 g/mol. The zero-order valence-electron chi connectivity index (χ0n) is 14.0. The first-order valence-corrected chi connectivity index (χ1v) is 8.39. The van der Waals surface area contributed by atoms with Gasteiger partial charge in [-0.15, -0.1) is 0 Å². The molecule has 0 spiro atoms. The lowest BCUT2D eigenvalue weighted by molar-refractivity contribution is 0.126. The number of hydrogen-bond acceptors (Lipinski definition) is 3. The number of para-hydroxylation sites is 1. The molecule has 2 aromatic rings. The molecule has 1 saturated heterocycles. The maximum atomic E-state index is 10.2. The highest BCUT2D eigenvalue weighted by atomic mass is 16.5. The summed E-state index contributed by atoms with van der Waals surface area (Å²) in [5.41, 5.74) is 2.02. The quantitative estimate of drug-likeness (QED) is 0.876. The van der Waals surface area contributed by atoms with Crippen molar-refractivity contribution in [2.45, 2.75) is 52.6 Å². The number of aryl methyl sites for hydroxylation is 1. The number of hydrogen-bond donors (Lipinski definition) is 1. The summed E-state index contributed by atoms with van der Waals surface area (Å²) in [4.78, 5) is 0. The Morgan fingerprint density at radius 3 is 2.36 bits per heavy atom. The molecule has 2 heterocycles. The highest BCUT2D eigenvalue weighted by molar-refractivity contribution is 5.82. The lowest BCUT2D eigenvalue weighted by Gasteiger charge is -2.11. The van der Waals surface area contributed by atoms with Crippen LogP contribution in [0.1, 0.15) is 57.5 Å². The Hall–Kier alpha value is -1.32. The van der Waals surface area contributed by atoms with Crippen LogP contribution in [-0.2, 0) is 11.2 Å². The van der Waals surface area contributed by atoms with Crippen molar-refractivity contribution in [2.75, 3.05) is 13.2 Å². The lowest BCUT2D eigenvalue weighted by atomic mass is 9.99. The fourth-order valence-corrected chi connectivity index (χ4v) is 2.82. The summed E-state index contributed by atoms with van der Waals surface area (Å²) >= 11 is 0. The van der Waals surface area contributed by atoms with Crippen LogP contribution in [0.3, 0.4) is 0 Å². The SMILES string of the molecule is C1CCOC1.CCc1c(C(O)CC(C)C)oc2ccccc12. The van der Waals surface area contributed by atoms with Gasteiger partial charge in [-0.05, 0) is 37.7 Å². The summed E-state index contributed by atoms with van der Waals surface area (Å²) in [6.45, 7) is 8.32. The van der Waals surface area contributed by atoms with E-state index in [0.29, 0.717) is 5.92 Å². The molecule has 1 fully saturated rings. The van der Waals surface area contributed by atoms with Crippen LogP contribution in [0.4, 0.5) is 0 Å². The molecule has 22 heavy (non-hydrogen) atoms. The maximum Gasteiger partial charge on any atom is 0.136 e. The first-order chi connectivity index (χ1) is 10.6. The van der Waals surface area contributed by atoms with Gasteiger partial charge < -0.3 is 14.3 Å². The van der Waals surface area contributed by atoms with Crippen molar-refractivity contribution < 1.29 is 14.3 Å². The zero-order chi connectivity index (χ0) is 15.9. The topological polar surface area (TPSA) is 42.6 Å². The summed E-state index contributed by atoms with van der Waals surface area (Å²) in [7, 11) is 0. The smallest absolute Gasteiger partial charge is 0.136 e. The van der Waals surface area contributed by atoms with Gasteiger partial charge in [-0.2, -0.15) is 0 Å². The molecule has 0 aliphatic carbocycles. The second-order valence-corrected chi connectivity index (χ2v) is 6.26. The second-order valence-electron chi connectivity index (χ2n) is 6.26. The van der Waals surface area contributed by atoms with Crippen molar-refractivity contribution in [2.24, 2.45) is 5.92 Å². The molecule has 1 aromatic heterocycles. The number of benzene rings is 1. The third-order valence-electron chi connectivity index (χ3n) is 3.91. The number of aliphatic hydroxyl groups is 1. The van der Waals surface area contributed by atoms with Crippen molar-refractivity contribution in [3.63, 3.8) is 0 Å². The standard InChI is InChI=1S/C15H20O2.C4H8O/c1-4-11-12-7-5-6-8-14(12)17-15(11)13(16)9-10(2)3;1-2-4-5-3-1/h5-8,10,13,16H,4,9H2,1-3H3;1-4H2. The molecular formula is C19H28O3. The van der Waals surface area contributed by atoms with Crippen LogP contribution in [-0.4, -0.2) is 18.3 Å². The van der Waals surface area contributed by atoms with Gasteiger partial charge in [0.25, 0.3) is 0 Å². The predicted molar refractivity (Wildman–Crippen MR) is 90.1 cm³/mol. The maximum absolute atomic E-state index is 10.2. The molecule has 0 saturated carbocycles. The highest BCUT2D eigenvalue weighted by Gasteiger charge is 2.20. The molecule has 3 nitrogen and oxygen atoms in total. The Morgan fingerprint density at radius 1 is 1.14 bits per heavy atom. The van der Waals surface area contributed by atoms with E-state index in [2.05, 4.69) is 26.8 Å². The van der Waals surface area contributed by atoms with E-state index < -0.39 is 6.10 Å². The van der Waals surface area contributed by atoms with Gasteiger partial charge in [-0.3, -0.25) is 0 Å². The average molecular weight is 304 g/mol. The summed E-state index contributed by atoms with van der Waals surface area (Å²) in [6, 6.07) is 7.99. The minimum absolute atomic E-state index is 0.461. The van der Waals surface area contributed by atoms with Gasteiger partial charge in [0.15, 0.2) is 0 Å². The summed E-state index contributed by atoms with van der Waals surface area (Å²) in [6.07, 6.45) is 3.70. The van der Waals surface area contributed by atoms with Gasteiger partial charge in [0.2, 0.25) is 0 Å². The molecule has 1 aliphatic heterocycles. The molecular weight excluding hydrogens is 276 g/mol. The molecule has 0 radical (unpaired) electrons. The van der Waals surface area contributed by atoms with Gasteiger partial charge in [-0.1, -0.05) is 39.0 Å². The summed E-state index contributed by atoms with van der Waals surface area (Å²) in [5, 5.41) is 11.3. The van der Waals surface area contributed by atoms with Crippen LogP contribution in [0.2, 0.25) is 0 Å². The third-order valence-corrected chi connectivity index (χ3v) is 3.91. The van der Waals surface area contributed by atoms with Crippen LogP contribution < -0.4 is 0 Å². The predicted octanol–water partition coefficient (Wildman–Crippen LogP) is 4.87. The van der Waals surface area contributed by atoms with Crippen molar-refractivity contribution in [1.82, 2.24) is 0 Å². The fourth-order valence-electron chi connectivity index (χ4n) is 2.82. The minimum atomic E-state index is -0.489. The second kappa shape index (κ2) is 8.35. The van der Waals surface area contributed by atoms with E-state index in [4.69, 9.17) is 9.15 Å². The number of rotatable bonds is 4. The van der Waals surface area contributed by atoms with Crippen molar-refractivity contribution in [3.8, 4) is 0 Å². The van der Waals surface area contributed by atoms with E-state index >= 15 is 0 Å². The van der Waals surface area contributed by atoms with E-state index in [1.165, 1.54) is 12.8 Å². The van der Waals surface area contributed by atoms with Gasteiger partial charge in [0, 0.05) is 24.2 Å². The Balaban J connectivity index is 0.000000299. The van der Waals surface area contributed by atoms with Gasteiger partial charge >= 0.3 is 0 Å². The van der Waals surface area contributed by atoms with Crippen LogP contribution in [0, 0.1) is 5.92 Å². The van der Waals surface area contributed by atoms with E-state index in [-0.39, 0.29) is 0 Å². The first kappa shape index (κ1) is 17.0. The molecule has 1 unspecified atom stereocenters. The van der Waals surface area contributed by atoms with Crippen LogP contribution in [0.15, 0.2) is 28.7 Å². The van der Waals surface area contributed by atoms with Crippen LogP contribution >= 0.6 is 0 Å². The average Bonchev–Trinajstić information content (AvgIpc) is 3.17. The fraction of sp³-hybridized carbons (Fsp3) is 0.579. The molecule has 3 heteroatoms. The van der Waals surface area contributed by atoms with Crippen molar-refractivity contribution >= 4 is 11.0 Å². The first-order valence-electron chi connectivity index (χ1n) is 8.39. The van der Waals surface area contributed by atoms with Gasteiger partial charge in [0.1, 0.15) is 17.4 Å². The molecule has 1 N–H and O–H groups in total. The van der Waals surface area contributed by atoms with Crippen LogP contribution in [0.25, 0.3) is 11.0 Å². The Kier molecular flexibility index (Phi) is 6.47. The van der Waals surface area contributed by atoms with Crippen molar-refractivity contribution in [1.29, 1.82) is 0 Å². The third kappa shape index (κ3) is 4.34. The molecule has 1 aliphatic rings. The van der Waals surface area contributed by atoms with E-state index in [1.54, 1.807) is 0 Å². The number of aliphatic hydroxyl groups excluding tert-OH is 1. The van der Waals surface area contributed by atoms with Crippen molar-refractivity contribution in [3.05, 3.63) is 35.6 Å². The van der Waals surface area contributed by atoms with Gasteiger partial charge in [0.05, 0.1) is 0 Å². The number of fused-ring (bicyclic) bond motifs is 1. The minimum Gasteiger partial charge on any atom is -0.458 e. The molecule has 0 bridgehead atoms. The molecule has 1 atom stereocenters. The van der Waals surface area contributed by atoms with Gasteiger partial charge in [-0.25, -0.2) is 0 Å². The Morgan fingerprint density at radius 2 is 1.82 bits per heavy atom. The molecule has 0 amide bonds.